The molecule has 7 heteroatoms. The Morgan fingerprint density at radius 2 is 1.31 bits per heavy atom. The molecule has 0 aliphatic carbocycles. The molecule has 0 spiro atoms. The van der Waals surface area contributed by atoms with Crippen LogP contribution in [0.25, 0.3) is 0 Å². The second-order valence-corrected chi connectivity index (χ2v) is 8.53. The zero-order valence-electron chi connectivity index (χ0n) is 16.5. The van der Waals surface area contributed by atoms with E-state index in [9.17, 15) is 8.42 Å². The predicted octanol–water partition coefficient (Wildman–Crippen LogP) is 1.59. The van der Waals surface area contributed by atoms with Crippen LogP contribution in [-0.2, 0) is 10.0 Å². The highest BCUT2D eigenvalue weighted by Crippen LogP contribution is 2.21. The van der Waals surface area contributed by atoms with Crippen LogP contribution < -0.4 is 21.1 Å². The maximum Gasteiger partial charge on any atom is 0.241 e. The molecule has 0 aliphatic rings. The van der Waals surface area contributed by atoms with Gasteiger partial charge in [0.25, 0.3) is 0 Å². The minimum Gasteiger partial charge on any atom is -0.330 e. The van der Waals surface area contributed by atoms with Crippen molar-refractivity contribution in [1.82, 2.24) is 15.4 Å². The molecule has 5 N–H and O–H groups in total. The highest BCUT2D eigenvalue weighted by atomic mass is 32.2. The highest BCUT2D eigenvalue weighted by molar-refractivity contribution is 7.89. The van der Waals surface area contributed by atoms with Crippen LogP contribution in [0.5, 0.6) is 0 Å². The first-order valence-electron chi connectivity index (χ1n) is 9.57. The van der Waals surface area contributed by atoms with Crippen LogP contribution in [-0.4, -0.2) is 47.7 Å². The summed E-state index contributed by atoms with van der Waals surface area (Å²) in [5.74, 6) is 0. The van der Waals surface area contributed by atoms with Crippen LogP contribution in [0.15, 0.2) is 17.0 Å². The average molecular weight is 385 g/mol. The molecule has 26 heavy (non-hydrogen) atoms. The van der Waals surface area contributed by atoms with Gasteiger partial charge in [-0.15, -0.1) is 0 Å². The molecule has 0 bridgehead atoms. The third kappa shape index (κ3) is 8.60. The van der Waals surface area contributed by atoms with Gasteiger partial charge in [-0.2, -0.15) is 0 Å². The molecule has 0 aromatic heterocycles. The Bertz CT molecular complexity index is 609. The van der Waals surface area contributed by atoms with Gasteiger partial charge in [-0.3, -0.25) is 0 Å². The van der Waals surface area contributed by atoms with Gasteiger partial charge >= 0.3 is 0 Å². The molecule has 0 atom stereocenters. The largest absolute Gasteiger partial charge is 0.330 e. The molecule has 0 saturated heterocycles. The predicted molar refractivity (Wildman–Crippen MR) is 109 cm³/mol. The highest BCUT2D eigenvalue weighted by Gasteiger charge is 2.19. The van der Waals surface area contributed by atoms with Gasteiger partial charge in [0.05, 0.1) is 4.90 Å². The van der Waals surface area contributed by atoms with Crippen molar-refractivity contribution < 1.29 is 8.42 Å². The summed E-state index contributed by atoms with van der Waals surface area (Å²) in [6.45, 7) is 10.6. The standard InChI is InChI=1S/C19H36N4O2S/c1-16-14-17(2)19(18(3)15-16)26(24,25)23-13-7-12-22-10-5-4-9-21-11-6-8-20/h14-15,21-23H,4-13,20H2,1-3H3. The maximum atomic E-state index is 12.5. The van der Waals surface area contributed by atoms with E-state index in [-0.39, 0.29) is 0 Å². The van der Waals surface area contributed by atoms with Crippen LogP contribution in [0, 0.1) is 20.8 Å². The van der Waals surface area contributed by atoms with E-state index in [1.807, 2.05) is 32.9 Å². The fraction of sp³-hybridized carbons (Fsp3) is 0.684. The average Bonchev–Trinajstić information content (AvgIpc) is 2.54. The van der Waals surface area contributed by atoms with Gasteiger partial charge in [0.1, 0.15) is 0 Å². The quantitative estimate of drug-likeness (QED) is 0.365. The Hall–Kier alpha value is -0.990. The number of nitrogens with one attached hydrogen (secondary N) is 3. The number of rotatable bonds is 14. The van der Waals surface area contributed by atoms with Gasteiger partial charge in [-0.05, 0) is 90.3 Å². The second-order valence-electron chi connectivity index (χ2n) is 6.83. The number of sulfonamides is 1. The lowest BCUT2D eigenvalue weighted by atomic mass is 10.1. The Kier molecular flexibility index (Phi) is 11.0. The van der Waals surface area contributed by atoms with Gasteiger partial charge in [-0.25, -0.2) is 13.1 Å². The fourth-order valence-electron chi connectivity index (χ4n) is 3.06. The van der Waals surface area contributed by atoms with Crippen molar-refractivity contribution in [3.63, 3.8) is 0 Å². The molecule has 1 aromatic carbocycles. The molecule has 0 unspecified atom stereocenters. The molecule has 0 amide bonds. The van der Waals surface area contributed by atoms with Crippen molar-refractivity contribution in [1.29, 1.82) is 0 Å². The molecule has 1 aromatic rings. The summed E-state index contributed by atoms with van der Waals surface area (Å²) in [6.07, 6.45) is 4.05. The number of hydrogen-bond donors (Lipinski definition) is 4. The number of hydrogen-bond acceptors (Lipinski definition) is 5. The van der Waals surface area contributed by atoms with Crippen molar-refractivity contribution in [2.24, 2.45) is 5.73 Å². The first kappa shape index (κ1) is 23.0. The molecule has 0 heterocycles. The monoisotopic (exact) mass is 384 g/mol. The second kappa shape index (κ2) is 12.4. The summed E-state index contributed by atoms with van der Waals surface area (Å²) in [7, 11) is -3.45. The van der Waals surface area contributed by atoms with E-state index in [2.05, 4.69) is 15.4 Å². The van der Waals surface area contributed by atoms with Crippen LogP contribution in [0.2, 0.25) is 0 Å². The third-order valence-corrected chi connectivity index (χ3v) is 5.98. The SMILES string of the molecule is Cc1cc(C)c(S(=O)(=O)NCCCNCCCCNCCCN)c(C)c1. The lowest BCUT2D eigenvalue weighted by molar-refractivity contribution is 0.558. The van der Waals surface area contributed by atoms with Gasteiger partial charge in [0.2, 0.25) is 10.0 Å². The Balaban J connectivity index is 2.18. The third-order valence-electron chi connectivity index (χ3n) is 4.21. The summed E-state index contributed by atoms with van der Waals surface area (Å²) in [4.78, 5) is 0.415. The van der Waals surface area contributed by atoms with Crippen LogP contribution in [0.3, 0.4) is 0 Å². The maximum absolute atomic E-state index is 12.5. The van der Waals surface area contributed by atoms with Crippen LogP contribution in [0.1, 0.15) is 42.4 Å². The first-order chi connectivity index (χ1) is 12.4. The van der Waals surface area contributed by atoms with Crippen LogP contribution >= 0.6 is 0 Å². The van der Waals surface area contributed by atoms with Crippen molar-refractivity contribution in [3.05, 3.63) is 28.8 Å². The van der Waals surface area contributed by atoms with Crippen LogP contribution in [0.4, 0.5) is 0 Å². The number of aryl methyl sites for hydroxylation is 3. The molecule has 1 rings (SSSR count). The smallest absolute Gasteiger partial charge is 0.241 e. The molecule has 0 fully saturated rings. The van der Waals surface area contributed by atoms with E-state index in [0.717, 1.165) is 75.1 Å². The molecule has 6 nitrogen and oxygen atoms in total. The van der Waals surface area contributed by atoms with E-state index in [1.54, 1.807) is 0 Å². The van der Waals surface area contributed by atoms with Gasteiger partial charge in [0, 0.05) is 6.54 Å². The van der Waals surface area contributed by atoms with E-state index < -0.39 is 10.0 Å². The van der Waals surface area contributed by atoms with Crippen molar-refractivity contribution in [3.8, 4) is 0 Å². The van der Waals surface area contributed by atoms with E-state index in [0.29, 0.717) is 11.4 Å². The Morgan fingerprint density at radius 3 is 1.85 bits per heavy atom. The summed E-state index contributed by atoms with van der Waals surface area (Å²) in [5, 5.41) is 6.72. The summed E-state index contributed by atoms with van der Waals surface area (Å²) >= 11 is 0. The lowest BCUT2D eigenvalue weighted by Gasteiger charge is -2.13. The van der Waals surface area contributed by atoms with E-state index >= 15 is 0 Å². The Labute approximate surface area is 159 Å². The number of benzene rings is 1. The Morgan fingerprint density at radius 1 is 0.808 bits per heavy atom. The minimum atomic E-state index is -3.45. The normalized spacial score (nSPS) is 11.8. The van der Waals surface area contributed by atoms with Crippen molar-refractivity contribution in [2.45, 2.75) is 51.3 Å². The van der Waals surface area contributed by atoms with Gasteiger partial charge < -0.3 is 16.4 Å². The first-order valence-corrected chi connectivity index (χ1v) is 11.1. The molecule has 0 radical (unpaired) electrons. The zero-order valence-corrected chi connectivity index (χ0v) is 17.3. The molecule has 0 saturated carbocycles. The summed E-state index contributed by atoms with van der Waals surface area (Å²) < 4.78 is 27.8. The molecular formula is C19H36N4O2S. The summed E-state index contributed by atoms with van der Waals surface area (Å²) in [5.41, 5.74) is 8.12. The van der Waals surface area contributed by atoms with Crippen molar-refractivity contribution in [2.75, 3.05) is 39.3 Å². The molecular weight excluding hydrogens is 348 g/mol. The van der Waals surface area contributed by atoms with Gasteiger partial charge in [-0.1, -0.05) is 17.7 Å². The lowest BCUT2D eigenvalue weighted by Crippen LogP contribution is -2.29. The van der Waals surface area contributed by atoms with E-state index in [4.69, 9.17) is 5.73 Å². The van der Waals surface area contributed by atoms with E-state index in [1.165, 1.54) is 0 Å². The molecule has 0 aliphatic heterocycles. The number of unbranched alkanes of at least 4 members (excludes halogenated alkanes) is 1. The fourth-order valence-corrected chi connectivity index (χ4v) is 4.58. The van der Waals surface area contributed by atoms with Gasteiger partial charge in [0.15, 0.2) is 0 Å². The zero-order chi connectivity index (χ0) is 19.4. The summed E-state index contributed by atoms with van der Waals surface area (Å²) in [6, 6.07) is 3.82. The topological polar surface area (TPSA) is 96.2 Å². The van der Waals surface area contributed by atoms with Crippen molar-refractivity contribution >= 4 is 10.0 Å². The minimum absolute atomic E-state index is 0.415. The number of nitrogens with two attached hydrogens (primary N) is 1. The molecule has 150 valence electrons.